The summed E-state index contributed by atoms with van der Waals surface area (Å²) in [5.41, 5.74) is 4.90. The summed E-state index contributed by atoms with van der Waals surface area (Å²) in [4.78, 5) is 16.0. The van der Waals surface area contributed by atoms with E-state index in [0.717, 1.165) is 0 Å². The fourth-order valence-electron chi connectivity index (χ4n) is 1.75. The summed E-state index contributed by atoms with van der Waals surface area (Å²) in [6, 6.07) is 9.14. The minimum absolute atomic E-state index is 0.540. The molecule has 88 valence electrons. The highest BCUT2D eigenvalue weighted by Crippen LogP contribution is 2.34. The van der Waals surface area contributed by atoms with Gasteiger partial charge in [-0.2, -0.15) is 0 Å². The second-order valence-corrected chi connectivity index (χ2v) is 4.35. The third-order valence-electron chi connectivity index (χ3n) is 2.57. The molecule has 2 N–H and O–H groups in total. The van der Waals surface area contributed by atoms with Crippen LogP contribution in [0.25, 0.3) is 0 Å². The van der Waals surface area contributed by atoms with E-state index in [9.17, 15) is 4.79 Å². The van der Waals surface area contributed by atoms with Crippen LogP contribution in [0, 0.1) is 0 Å². The summed E-state index contributed by atoms with van der Waals surface area (Å²) in [6.45, 7) is 0. The van der Waals surface area contributed by atoms with E-state index >= 15 is 0 Å². The number of hydrogen-bond donors (Lipinski definition) is 1. The van der Waals surface area contributed by atoms with Crippen molar-refractivity contribution in [3.63, 3.8) is 0 Å². The zero-order valence-electron chi connectivity index (χ0n) is 9.29. The Morgan fingerprint density at radius 1 is 1.41 bits per heavy atom. The summed E-state index contributed by atoms with van der Waals surface area (Å²) in [6.07, 6.45) is 1.62. The molecule has 1 aromatic heterocycles. The van der Waals surface area contributed by atoms with E-state index in [-0.39, 0.29) is 0 Å². The molecule has 0 saturated heterocycles. The van der Waals surface area contributed by atoms with E-state index < -0.39 is 11.5 Å². The maximum absolute atomic E-state index is 11.8. The molecule has 1 atom stereocenters. The maximum atomic E-state index is 11.8. The van der Waals surface area contributed by atoms with Gasteiger partial charge in [-0.3, -0.25) is 4.79 Å². The van der Waals surface area contributed by atoms with Crippen LogP contribution in [0.1, 0.15) is 10.6 Å². The highest BCUT2D eigenvalue weighted by Gasteiger charge is 2.43. The van der Waals surface area contributed by atoms with Crippen molar-refractivity contribution in [1.29, 1.82) is 0 Å². The fraction of sp³-hybridized carbons (Fsp3) is 0.167. The van der Waals surface area contributed by atoms with Crippen molar-refractivity contribution >= 4 is 17.2 Å². The largest absolute Gasteiger partial charge is 0.366 e. The second-order valence-electron chi connectivity index (χ2n) is 3.45. The molecular formula is C12H12N2O2S. The Hall–Kier alpha value is -1.72. The first kappa shape index (κ1) is 11.8. The summed E-state index contributed by atoms with van der Waals surface area (Å²) in [5.74, 6) is -0.568. The lowest BCUT2D eigenvalue weighted by Gasteiger charge is -2.27. The molecule has 1 heterocycles. The number of amides is 1. The van der Waals surface area contributed by atoms with E-state index in [4.69, 9.17) is 10.5 Å². The van der Waals surface area contributed by atoms with Crippen LogP contribution in [0.5, 0.6) is 0 Å². The number of carbonyl (C=O) groups is 1. The number of rotatable bonds is 4. The third-order valence-corrected chi connectivity index (χ3v) is 3.44. The number of aromatic nitrogens is 1. The molecule has 1 amide bonds. The lowest BCUT2D eigenvalue weighted by molar-refractivity contribution is -0.136. The molecule has 2 aromatic rings. The Balaban J connectivity index is 2.63. The number of carbonyl (C=O) groups excluding carboxylic acids is 1. The number of nitrogens with zero attached hydrogens (tertiary/aromatic N) is 1. The topological polar surface area (TPSA) is 65.2 Å². The van der Waals surface area contributed by atoms with Gasteiger partial charge in [0.2, 0.25) is 5.60 Å². The summed E-state index contributed by atoms with van der Waals surface area (Å²) >= 11 is 1.34. The Kier molecular flexibility index (Phi) is 3.21. The van der Waals surface area contributed by atoms with Gasteiger partial charge in [0.25, 0.3) is 5.91 Å². The Bertz CT molecular complexity index is 498. The van der Waals surface area contributed by atoms with E-state index in [2.05, 4.69) is 4.98 Å². The first-order valence-corrected chi connectivity index (χ1v) is 5.90. The highest BCUT2D eigenvalue weighted by atomic mass is 32.1. The molecular weight excluding hydrogens is 236 g/mol. The molecule has 0 aliphatic rings. The molecule has 5 heteroatoms. The molecule has 4 nitrogen and oxygen atoms in total. The molecule has 0 saturated carbocycles. The minimum atomic E-state index is -1.30. The predicted octanol–water partition coefficient (Wildman–Crippen LogP) is 1.52. The maximum Gasteiger partial charge on any atom is 0.261 e. The molecule has 0 spiro atoms. The zero-order chi connectivity index (χ0) is 12.3. The van der Waals surface area contributed by atoms with Crippen molar-refractivity contribution in [2.75, 3.05) is 7.11 Å². The number of nitrogens with two attached hydrogens (primary N) is 1. The van der Waals surface area contributed by atoms with Gasteiger partial charge in [-0.05, 0) is 0 Å². The first-order chi connectivity index (χ1) is 8.21. The molecule has 0 aliphatic carbocycles. The van der Waals surface area contributed by atoms with E-state index in [1.165, 1.54) is 18.4 Å². The normalized spacial score (nSPS) is 14.2. The van der Waals surface area contributed by atoms with Gasteiger partial charge in [0.1, 0.15) is 5.01 Å². The van der Waals surface area contributed by atoms with E-state index in [0.29, 0.717) is 10.6 Å². The van der Waals surface area contributed by atoms with Gasteiger partial charge >= 0.3 is 0 Å². The molecule has 1 unspecified atom stereocenters. The van der Waals surface area contributed by atoms with E-state index in [1.54, 1.807) is 23.7 Å². The molecule has 0 fully saturated rings. The van der Waals surface area contributed by atoms with Crippen molar-refractivity contribution in [3.05, 3.63) is 52.5 Å². The molecule has 0 bridgehead atoms. The monoisotopic (exact) mass is 248 g/mol. The van der Waals surface area contributed by atoms with Crippen molar-refractivity contribution in [1.82, 2.24) is 4.98 Å². The van der Waals surface area contributed by atoms with Crippen LogP contribution in [0.3, 0.4) is 0 Å². The van der Waals surface area contributed by atoms with Crippen molar-refractivity contribution in [3.8, 4) is 0 Å². The van der Waals surface area contributed by atoms with Crippen LogP contribution in [-0.4, -0.2) is 18.0 Å². The SMILES string of the molecule is COC(C(N)=O)(c1ccccc1)c1nccs1. The lowest BCUT2D eigenvalue weighted by Crippen LogP contribution is -2.43. The number of methoxy groups -OCH3 is 1. The molecule has 0 aliphatic heterocycles. The number of thiazole rings is 1. The average Bonchev–Trinajstić information content (AvgIpc) is 2.86. The summed E-state index contributed by atoms with van der Waals surface area (Å²) < 4.78 is 5.40. The Labute approximate surface area is 103 Å². The van der Waals surface area contributed by atoms with E-state index in [1.807, 2.05) is 18.2 Å². The Morgan fingerprint density at radius 3 is 2.59 bits per heavy atom. The zero-order valence-corrected chi connectivity index (χ0v) is 10.1. The van der Waals surface area contributed by atoms with Gasteiger partial charge in [-0.15, -0.1) is 11.3 Å². The Morgan fingerprint density at radius 2 is 2.12 bits per heavy atom. The van der Waals surface area contributed by atoms with Crippen LogP contribution in [-0.2, 0) is 15.1 Å². The number of ether oxygens (including phenoxy) is 1. The highest BCUT2D eigenvalue weighted by molar-refractivity contribution is 7.09. The summed E-state index contributed by atoms with van der Waals surface area (Å²) in [7, 11) is 1.46. The van der Waals surface area contributed by atoms with Gasteiger partial charge in [0.15, 0.2) is 0 Å². The van der Waals surface area contributed by atoms with Crippen LogP contribution >= 0.6 is 11.3 Å². The van der Waals surface area contributed by atoms with Gasteiger partial charge in [0, 0.05) is 24.3 Å². The van der Waals surface area contributed by atoms with Crippen LogP contribution in [0.2, 0.25) is 0 Å². The van der Waals surface area contributed by atoms with Gasteiger partial charge in [0.05, 0.1) is 0 Å². The van der Waals surface area contributed by atoms with Crippen LogP contribution in [0.15, 0.2) is 41.9 Å². The first-order valence-electron chi connectivity index (χ1n) is 5.02. The number of primary amides is 1. The predicted molar refractivity (Wildman–Crippen MR) is 65.5 cm³/mol. The van der Waals surface area contributed by atoms with Gasteiger partial charge in [-0.1, -0.05) is 30.3 Å². The standard InChI is InChI=1S/C12H12N2O2S/c1-16-12(10(13)15,11-14-7-8-17-11)9-5-3-2-4-6-9/h2-8H,1H3,(H2,13,15). The average molecular weight is 248 g/mol. The minimum Gasteiger partial charge on any atom is -0.366 e. The molecule has 0 radical (unpaired) electrons. The third kappa shape index (κ3) is 1.83. The molecule has 17 heavy (non-hydrogen) atoms. The van der Waals surface area contributed by atoms with Gasteiger partial charge < -0.3 is 10.5 Å². The fourth-order valence-corrected chi connectivity index (χ4v) is 2.59. The lowest BCUT2D eigenvalue weighted by atomic mass is 9.93. The van der Waals surface area contributed by atoms with Crippen molar-refractivity contribution < 1.29 is 9.53 Å². The van der Waals surface area contributed by atoms with Crippen LogP contribution in [0.4, 0.5) is 0 Å². The quantitative estimate of drug-likeness (QED) is 0.892. The summed E-state index contributed by atoms with van der Waals surface area (Å²) in [5, 5.41) is 2.33. The smallest absolute Gasteiger partial charge is 0.261 e. The molecule has 2 rings (SSSR count). The van der Waals surface area contributed by atoms with Gasteiger partial charge in [-0.25, -0.2) is 4.98 Å². The van der Waals surface area contributed by atoms with Crippen LogP contribution < -0.4 is 5.73 Å². The number of hydrogen-bond acceptors (Lipinski definition) is 4. The van der Waals surface area contributed by atoms with Crippen molar-refractivity contribution in [2.45, 2.75) is 5.60 Å². The molecule has 1 aromatic carbocycles. The number of benzene rings is 1. The second kappa shape index (κ2) is 4.65. The van der Waals surface area contributed by atoms with Crippen molar-refractivity contribution in [2.24, 2.45) is 5.73 Å².